The van der Waals surface area contributed by atoms with E-state index in [2.05, 4.69) is 20.7 Å². The molecule has 0 N–H and O–H groups in total. The Morgan fingerprint density at radius 3 is 2.06 bits per heavy atom. The summed E-state index contributed by atoms with van der Waals surface area (Å²) in [6.45, 7) is 0. The Balaban J connectivity index is 2.30. The van der Waals surface area contributed by atoms with Crippen molar-refractivity contribution in [3.8, 4) is 0 Å². The van der Waals surface area contributed by atoms with Crippen LogP contribution in [0.1, 0.15) is 5.56 Å². The Bertz CT molecular complexity index is 412. The first kappa shape index (κ1) is 11.8. The molecule has 7 heteroatoms. The number of hydrogen-bond acceptors (Lipinski definition) is 4. The Morgan fingerprint density at radius 1 is 1.00 bits per heavy atom. The molecule has 0 bridgehead atoms. The van der Waals surface area contributed by atoms with E-state index < -0.39 is 9.46 Å². The highest BCUT2D eigenvalue weighted by Crippen LogP contribution is 2.46. The van der Waals surface area contributed by atoms with Crippen LogP contribution in [0.25, 0.3) is 0 Å². The van der Waals surface area contributed by atoms with Gasteiger partial charge < -0.3 is 0 Å². The number of nitrogens with zero attached hydrogens (tertiary/aromatic N) is 4. The Morgan fingerprint density at radius 2 is 1.56 bits per heavy atom. The van der Waals surface area contributed by atoms with E-state index >= 15 is 0 Å². The van der Waals surface area contributed by atoms with Gasteiger partial charge in [-0.15, -0.1) is 10.2 Å². The summed E-state index contributed by atoms with van der Waals surface area (Å²) in [7, 11) is 0. The van der Waals surface area contributed by atoms with Gasteiger partial charge in [0, 0.05) is 6.42 Å². The molecule has 0 unspecified atom stereocenters. The van der Waals surface area contributed by atoms with Crippen molar-refractivity contribution in [2.24, 2.45) is 20.7 Å². The van der Waals surface area contributed by atoms with Gasteiger partial charge in [-0.25, -0.2) is 0 Å². The summed E-state index contributed by atoms with van der Waals surface area (Å²) in [6, 6.07) is 9.50. The van der Waals surface area contributed by atoms with Gasteiger partial charge >= 0.3 is 0 Å². The molecule has 1 aliphatic rings. The number of alkyl halides is 3. The second kappa shape index (κ2) is 4.28. The maximum atomic E-state index is 5.87. The molecule has 0 saturated carbocycles. The van der Waals surface area contributed by atoms with Crippen molar-refractivity contribution in [1.82, 2.24) is 0 Å². The molecule has 0 atom stereocenters. The molecule has 0 aromatic heterocycles. The Kier molecular flexibility index (Phi) is 3.15. The standard InChI is InChI=1S/C9H7Cl3N4/c10-9(11,12)8(13-15-16-14-8)6-7-4-2-1-3-5-7/h1-5H,6H2. The van der Waals surface area contributed by atoms with Crippen molar-refractivity contribution in [3.63, 3.8) is 0 Å². The van der Waals surface area contributed by atoms with Crippen molar-refractivity contribution < 1.29 is 0 Å². The van der Waals surface area contributed by atoms with E-state index in [0.29, 0.717) is 6.42 Å². The van der Waals surface area contributed by atoms with E-state index in [9.17, 15) is 0 Å². The Hall–Kier alpha value is -0.710. The molecule has 4 nitrogen and oxygen atoms in total. The lowest BCUT2D eigenvalue weighted by molar-refractivity contribution is 0.447. The summed E-state index contributed by atoms with van der Waals surface area (Å²) >= 11 is 17.6. The normalized spacial score (nSPS) is 17.9. The van der Waals surface area contributed by atoms with Crippen LogP contribution in [0.5, 0.6) is 0 Å². The summed E-state index contributed by atoms with van der Waals surface area (Å²) in [6.07, 6.45) is 0.345. The van der Waals surface area contributed by atoms with Crippen molar-refractivity contribution >= 4 is 34.8 Å². The van der Waals surface area contributed by atoms with Crippen LogP contribution in [0.2, 0.25) is 0 Å². The van der Waals surface area contributed by atoms with Crippen molar-refractivity contribution in [1.29, 1.82) is 0 Å². The van der Waals surface area contributed by atoms with Crippen LogP contribution < -0.4 is 0 Å². The van der Waals surface area contributed by atoms with E-state index in [1.54, 1.807) is 0 Å². The molecule has 0 radical (unpaired) electrons. The maximum absolute atomic E-state index is 5.87. The molecule has 1 aromatic carbocycles. The van der Waals surface area contributed by atoms with Crippen LogP contribution in [-0.4, -0.2) is 9.46 Å². The molecule has 84 valence electrons. The molecule has 1 aromatic rings. The van der Waals surface area contributed by atoms with Crippen LogP contribution in [0.4, 0.5) is 0 Å². The molecule has 2 rings (SSSR count). The highest BCUT2D eigenvalue weighted by molar-refractivity contribution is 6.68. The third-order valence-corrected chi connectivity index (χ3v) is 3.12. The van der Waals surface area contributed by atoms with Gasteiger partial charge in [0.15, 0.2) is 0 Å². The topological polar surface area (TPSA) is 49.4 Å². The van der Waals surface area contributed by atoms with Crippen molar-refractivity contribution in [2.45, 2.75) is 15.9 Å². The first-order valence-corrected chi connectivity index (χ1v) is 5.62. The second-order valence-corrected chi connectivity index (χ2v) is 5.64. The molecule has 0 amide bonds. The third-order valence-electron chi connectivity index (χ3n) is 2.21. The van der Waals surface area contributed by atoms with Gasteiger partial charge in [0.05, 0.1) is 0 Å². The fraction of sp³-hybridized carbons (Fsp3) is 0.333. The molecular formula is C9H7Cl3N4. The van der Waals surface area contributed by atoms with Gasteiger partial charge in [0.1, 0.15) is 0 Å². The lowest BCUT2D eigenvalue weighted by atomic mass is 10.0. The summed E-state index contributed by atoms with van der Waals surface area (Å²) in [4.78, 5) is 0. The lowest BCUT2D eigenvalue weighted by Gasteiger charge is -2.26. The van der Waals surface area contributed by atoms with Crippen molar-refractivity contribution in [2.75, 3.05) is 0 Å². The van der Waals surface area contributed by atoms with Gasteiger partial charge in [-0.05, 0) is 16.0 Å². The lowest BCUT2D eigenvalue weighted by Crippen LogP contribution is -2.39. The molecule has 0 fully saturated rings. The van der Waals surface area contributed by atoms with Gasteiger partial charge in [0.25, 0.3) is 0 Å². The highest BCUT2D eigenvalue weighted by atomic mass is 35.6. The predicted molar refractivity (Wildman–Crippen MR) is 62.9 cm³/mol. The molecule has 16 heavy (non-hydrogen) atoms. The van der Waals surface area contributed by atoms with Gasteiger partial charge in [0.2, 0.25) is 9.46 Å². The molecule has 1 aliphatic heterocycles. The van der Waals surface area contributed by atoms with E-state index in [4.69, 9.17) is 34.8 Å². The minimum absolute atomic E-state index is 0.345. The van der Waals surface area contributed by atoms with E-state index in [1.165, 1.54) is 0 Å². The maximum Gasteiger partial charge on any atom is 0.245 e. The molecule has 0 aliphatic carbocycles. The number of rotatable bonds is 2. The number of hydrogen-bond donors (Lipinski definition) is 0. The smallest absolute Gasteiger partial charge is 0.130 e. The zero-order valence-electron chi connectivity index (χ0n) is 8.02. The molecular weight excluding hydrogens is 270 g/mol. The average Bonchev–Trinajstić information content (AvgIpc) is 2.68. The summed E-state index contributed by atoms with van der Waals surface area (Å²) in [5.41, 5.74) is -0.299. The third kappa shape index (κ3) is 2.19. The van der Waals surface area contributed by atoms with Crippen LogP contribution >= 0.6 is 34.8 Å². The zero-order valence-corrected chi connectivity index (χ0v) is 10.3. The SMILES string of the molecule is ClC(Cl)(Cl)C1(Cc2ccccc2)N=NN=N1. The molecule has 0 spiro atoms. The van der Waals surface area contributed by atoms with E-state index in [-0.39, 0.29) is 0 Å². The first-order valence-electron chi connectivity index (χ1n) is 4.48. The van der Waals surface area contributed by atoms with E-state index in [0.717, 1.165) is 5.56 Å². The quantitative estimate of drug-likeness (QED) is 0.730. The van der Waals surface area contributed by atoms with Gasteiger partial charge in [-0.3, -0.25) is 0 Å². The van der Waals surface area contributed by atoms with Crippen LogP contribution in [0.15, 0.2) is 51.0 Å². The van der Waals surface area contributed by atoms with Crippen LogP contribution in [0, 0.1) is 0 Å². The Labute approximate surface area is 107 Å². The largest absolute Gasteiger partial charge is 0.245 e. The first-order chi connectivity index (χ1) is 7.54. The minimum atomic E-state index is -1.67. The van der Waals surface area contributed by atoms with Crippen LogP contribution in [-0.2, 0) is 6.42 Å². The average molecular weight is 278 g/mol. The van der Waals surface area contributed by atoms with E-state index in [1.807, 2.05) is 30.3 Å². The minimum Gasteiger partial charge on any atom is -0.130 e. The summed E-state index contributed by atoms with van der Waals surface area (Å²) < 4.78 is -1.67. The number of halogens is 3. The fourth-order valence-electron chi connectivity index (χ4n) is 1.37. The molecule has 1 heterocycles. The van der Waals surface area contributed by atoms with Crippen molar-refractivity contribution in [3.05, 3.63) is 35.9 Å². The zero-order chi connectivity index (χ0) is 11.6. The predicted octanol–water partition coefficient (Wildman–Crippen LogP) is 4.13. The highest BCUT2D eigenvalue weighted by Gasteiger charge is 2.52. The fourth-order valence-corrected chi connectivity index (χ4v) is 1.80. The summed E-state index contributed by atoms with van der Waals surface area (Å²) in [5.74, 6) is 0. The van der Waals surface area contributed by atoms with Gasteiger partial charge in [-0.1, -0.05) is 65.1 Å². The molecule has 0 saturated heterocycles. The monoisotopic (exact) mass is 276 g/mol. The number of benzene rings is 1. The van der Waals surface area contributed by atoms with Crippen LogP contribution in [0.3, 0.4) is 0 Å². The second-order valence-electron chi connectivity index (χ2n) is 3.36. The van der Waals surface area contributed by atoms with Gasteiger partial charge in [-0.2, -0.15) is 0 Å². The summed E-state index contributed by atoms with van der Waals surface area (Å²) in [5, 5.41) is 14.5.